The molecular weight excluding hydrogens is 306 g/mol. The molecule has 3 rings (SSSR count). The minimum absolute atomic E-state index is 0.194. The first-order valence-electron chi connectivity index (χ1n) is 8.54. The molecule has 1 saturated heterocycles. The van der Waals surface area contributed by atoms with E-state index in [1.807, 2.05) is 6.07 Å². The SMILES string of the molecule is CCC(COC)Nc1ncc2c(OC3CCNCC3)nccc2n1. The number of rotatable bonds is 7. The smallest absolute Gasteiger partial charge is 0.224 e. The van der Waals surface area contributed by atoms with Crippen LogP contribution in [0.15, 0.2) is 18.5 Å². The van der Waals surface area contributed by atoms with Gasteiger partial charge in [0.05, 0.1) is 23.6 Å². The highest BCUT2D eigenvalue weighted by Gasteiger charge is 2.17. The largest absolute Gasteiger partial charge is 0.474 e. The molecule has 2 aromatic rings. The van der Waals surface area contributed by atoms with Gasteiger partial charge >= 0.3 is 0 Å². The average molecular weight is 331 g/mol. The van der Waals surface area contributed by atoms with Gasteiger partial charge in [0.25, 0.3) is 0 Å². The van der Waals surface area contributed by atoms with Crippen LogP contribution in [-0.2, 0) is 4.74 Å². The standard InChI is InChI=1S/C17H25N5O2/c1-3-12(11-23-2)21-17-20-10-14-15(22-17)6-9-19-16(14)24-13-4-7-18-8-5-13/h6,9-10,12-13,18H,3-5,7-8,11H2,1-2H3,(H,20,21,22). The monoisotopic (exact) mass is 331 g/mol. The van der Waals surface area contributed by atoms with Gasteiger partial charge in [-0.15, -0.1) is 0 Å². The van der Waals surface area contributed by atoms with Crippen LogP contribution in [0, 0.1) is 0 Å². The highest BCUT2D eigenvalue weighted by Crippen LogP contribution is 2.24. The van der Waals surface area contributed by atoms with Crippen LogP contribution in [0.1, 0.15) is 26.2 Å². The van der Waals surface area contributed by atoms with E-state index in [4.69, 9.17) is 9.47 Å². The van der Waals surface area contributed by atoms with Crippen molar-refractivity contribution < 1.29 is 9.47 Å². The lowest BCUT2D eigenvalue weighted by Crippen LogP contribution is -2.34. The Kier molecular flexibility index (Phi) is 5.77. The topological polar surface area (TPSA) is 81.2 Å². The number of piperidine rings is 1. The van der Waals surface area contributed by atoms with Gasteiger partial charge in [-0.05, 0) is 38.4 Å². The summed E-state index contributed by atoms with van der Waals surface area (Å²) >= 11 is 0. The molecule has 0 amide bonds. The first kappa shape index (κ1) is 16.9. The van der Waals surface area contributed by atoms with E-state index in [2.05, 4.69) is 32.5 Å². The molecule has 0 aromatic carbocycles. The number of pyridine rings is 1. The summed E-state index contributed by atoms with van der Waals surface area (Å²) in [5.41, 5.74) is 0.832. The third-order valence-corrected chi connectivity index (χ3v) is 4.23. The molecular formula is C17H25N5O2. The summed E-state index contributed by atoms with van der Waals surface area (Å²) in [6.45, 7) is 4.70. The molecule has 7 nitrogen and oxygen atoms in total. The molecule has 7 heteroatoms. The zero-order valence-electron chi connectivity index (χ0n) is 14.3. The Bertz CT molecular complexity index is 660. The van der Waals surface area contributed by atoms with Gasteiger partial charge in [0.15, 0.2) is 0 Å². The Balaban J connectivity index is 1.78. The van der Waals surface area contributed by atoms with Crippen LogP contribution in [-0.4, -0.2) is 53.9 Å². The first-order valence-corrected chi connectivity index (χ1v) is 8.54. The highest BCUT2D eigenvalue weighted by molar-refractivity contribution is 5.83. The Labute approximate surface area is 142 Å². The summed E-state index contributed by atoms with van der Waals surface area (Å²) < 4.78 is 11.3. The van der Waals surface area contributed by atoms with Crippen molar-refractivity contribution in [3.8, 4) is 5.88 Å². The quantitative estimate of drug-likeness (QED) is 0.803. The van der Waals surface area contributed by atoms with Gasteiger partial charge in [-0.25, -0.2) is 15.0 Å². The van der Waals surface area contributed by atoms with Crippen LogP contribution in [0.25, 0.3) is 10.9 Å². The third-order valence-electron chi connectivity index (χ3n) is 4.23. The van der Waals surface area contributed by atoms with Gasteiger partial charge in [0, 0.05) is 19.5 Å². The molecule has 1 unspecified atom stereocenters. The van der Waals surface area contributed by atoms with Crippen molar-refractivity contribution in [1.29, 1.82) is 0 Å². The molecule has 1 fully saturated rings. The van der Waals surface area contributed by atoms with E-state index in [-0.39, 0.29) is 12.1 Å². The fourth-order valence-electron chi connectivity index (χ4n) is 2.81. The van der Waals surface area contributed by atoms with E-state index < -0.39 is 0 Å². The van der Waals surface area contributed by atoms with Crippen molar-refractivity contribution in [1.82, 2.24) is 20.3 Å². The highest BCUT2D eigenvalue weighted by atomic mass is 16.5. The first-order chi connectivity index (χ1) is 11.8. The average Bonchev–Trinajstić information content (AvgIpc) is 2.62. The van der Waals surface area contributed by atoms with Crippen molar-refractivity contribution in [2.45, 2.75) is 38.3 Å². The van der Waals surface area contributed by atoms with Gasteiger partial charge in [0.1, 0.15) is 6.10 Å². The Morgan fingerprint density at radius 2 is 2.17 bits per heavy atom. The normalized spacial score (nSPS) is 16.9. The number of ether oxygens (including phenoxy) is 2. The second kappa shape index (κ2) is 8.21. The fourth-order valence-corrected chi connectivity index (χ4v) is 2.81. The van der Waals surface area contributed by atoms with Gasteiger partial charge in [-0.1, -0.05) is 6.92 Å². The van der Waals surface area contributed by atoms with Crippen LogP contribution in [0.3, 0.4) is 0 Å². The van der Waals surface area contributed by atoms with Gasteiger partial charge < -0.3 is 20.1 Å². The lowest BCUT2D eigenvalue weighted by Gasteiger charge is -2.23. The lowest BCUT2D eigenvalue weighted by molar-refractivity contribution is 0.158. The minimum atomic E-state index is 0.194. The number of hydrogen-bond acceptors (Lipinski definition) is 7. The van der Waals surface area contributed by atoms with Gasteiger partial charge in [0.2, 0.25) is 11.8 Å². The predicted octanol–water partition coefficient (Wildman–Crippen LogP) is 1.99. The van der Waals surface area contributed by atoms with Crippen LogP contribution in [0.5, 0.6) is 5.88 Å². The molecule has 130 valence electrons. The van der Waals surface area contributed by atoms with E-state index in [9.17, 15) is 0 Å². The van der Waals surface area contributed by atoms with Crippen molar-refractivity contribution in [3.63, 3.8) is 0 Å². The lowest BCUT2D eigenvalue weighted by atomic mass is 10.1. The predicted molar refractivity (Wildman–Crippen MR) is 93.4 cm³/mol. The molecule has 1 atom stereocenters. The molecule has 0 saturated carbocycles. The van der Waals surface area contributed by atoms with Crippen molar-refractivity contribution in [2.24, 2.45) is 0 Å². The summed E-state index contributed by atoms with van der Waals surface area (Å²) in [6.07, 6.45) is 6.65. The number of methoxy groups -OCH3 is 1. The molecule has 0 aliphatic carbocycles. The molecule has 1 aliphatic rings. The minimum Gasteiger partial charge on any atom is -0.474 e. The molecule has 0 radical (unpaired) electrons. The van der Waals surface area contributed by atoms with E-state index >= 15 is 0 Å². The number of aromatic nitrogens is 3. The van der Waals surface area contributed by atoms with E-state index in [1.165, 1.54) is 0 Å². The summed E-state index contributed by atoms with van der Waals surface area (Å²) in [5, 5.41) is 7.49. The maximum absolute atomic E-state index is 6.08. The number of hydrogen-bond donors (Lipinski definition) is 2. The van der Waals surface area contributed by atoms with Crippen molar-refractivity contribution in [2.75, 3.05) is 32.1 Å². The summed E-state index contributed by atoms with van der Waals surface area (Å²) in [7, 11) is 1.70. The van der Waals surface area contributed by atoms with Gasteiger partial charge in [-0.3, -0.25) is 0 Å². The number of anilines is 1. The molecule has 2 aromatic heterocycles. The Hall–Kier alpha value is -1.99. The molecule has 2 N–H and O–H groups in total. The van der Waals surface area contributed by atoms with Crippen LogP contribution < -0.4 is 15.4 Å². The van der Waals surface area contributed by atoms with Crippen molar-refractivity contribution in [3.05, 3.63) is 18.5 Å². The third kappa shape index (κ3) is 4.10. The van der Waals surface area contributed by atoms with Crippen LogP contribution >= 0.6 is 0 Å². The zero-order chi connectivity index (χ0) is 16.8. The molecule has 0 spiro atoms. The van der Waals surface area contributed by atoms with E-state index in [0.29, 0.717) is 18.4 Å². The molecule has 3 heterocycles. The second-order valence-corrected chi connectivity index (χ2v) is 6.01. The van der Waals surface area contributed by atoms with Crippen LogP contribution in [0.2, 0.25) is 0 Å². The summed E-state index contributed by atoms with van der Waals surface area (Å²) in [6, 6.07) is 2.08. The fraction of sp³-hybridized carbons (Fsp3) is 0.588. The molecule has 0 bridgehead atoms. The maximum atomic E-state index is 6.08. The zero-order valence-corrected chi connectivity index (χ0v) is 14.3. The summed E-state index contributed by atoms with van der Waals surface area (Å²) in [5.74, 6) is 1.22. The Morgan fingerprint density at radius 3 is 2.92 bits per heavy atom. The van der Waals surface area contributed by atoms with Crippen LogP contribution in [0.4, 0.5) is 5.95 Å². The number of nitrogens with zero attached hydrogens (tertiary/aromatic N) is 3. The van der Waals surface area contributed by atoms with Crippen molar-refractivity contribution >= 4 is 16.9 Å². The Morgan fingerprint density at radius 1 is 1.33 bits per heavy atom. The summed E-state index contributed by atoms with van der Waals surface area (Å²) in [4.78, 5) is 13.4. The van der Waals surface area contributed by atoms with E-state index in [1.54, 1.807) is 19.5 Å². The van der Waals surface area contributed by atoms with E-state index in [0.717, 1.165) is 43.3 Å². The molecule has 1 aliphatic heterocycles. The van der Waals surface area contributed by atoms with Gasteiger partial charge in [-0.2, -0.15) is 0 Å². The molecule has 24 heavy (non-hydrogen) atoms. The number of nitrogens with one attached hydrogen (secondary N) is 2. The second-order valence-electron chi connectivity index (χ2n) is 6.01. The number of fused-ring (bicyclic) bond motifs is 1. The maximum Gasteiger partial charge on any atom is 0.224 e.